The number of anilines is 2. The maximum Gasteiger partial charge on any atom is 0.206 e. The van der Waals surface area contributed by atoms with Crippen LogP contribution in [0, 0.1) is 13.8 Å². The van der Waals surface area contributed by atoms with Gasteiger partial charge in [-0.25, -0.2) is 5.43 Å². The van der Waals surface area contributed by atoms with Crippen LogP contribution in [-0.4, -0.2) is 23.8 Å². The summed E-state index contributed by atoms with van der Waals surface area (Å²) in [6.45, 7) is 9.12. The SMILES string of the molecule is CC.CNNc1cc(C)c(-c2nnc(NCCCC3=CCCC=C3)s2)cc1C. The molecule has 1 aliphatic carbocycles. The Bertz CT molecular complexity index is 807. The number of allylic oxidation sites excluding steroid dienone is 4. The minimum absolute atomic E-state index is 0.891. The fourth-order valence-corrected chi connectivity index (χ4v) is 3.91. The number of aromatic nitrogens is 2. The van der Waals surface area contributed by atoms with E-state index in [1.807, 2.05) is 20.9 Å². The van der Waals surface area contributed by atoms with Crippen molar-refractivity contribution in [3.63, 3.8) is 0 Å². The monoisotopic (exact) mass is 399 g/mol. The molecule has 28 heavy (non-hydrogen) atoms. The van der Waals surface area contributed by atoms with E-state index in [0.717, 1.165) is 40.8 Å². The summed E-state index contributed by atoms with van der Waals surface area (Å²) in [6, 6.07) is 4.31. The number of hydrogen-bond acceptors (Lipinski definition) is 6. The molecule has 3 N–H and O–H groups in total. The van der Waals surface area contributed by atoms with Gasteiger partial charge in [0.2, 0.25) is 5.13 Å². The van der Waals surface area contributed by atoms with E-state index in [0.29, 0.717) is 0 Å². The van der Waals surface area contributed by atoms with Crippen LogP contribution < -0.4 is 16.2 Å². The molecule has 0 atom stereocenters. The average molecular weight is 400 g/mol. The van der Waals surface area contributed by atoms with Gasteiger partial charge in [-0.2, -0.15) is 0 Å². The number of hydrogen-bond donors (Lipinski definition) is 3. The molecule has 152 valence electrons. The third-order valence-electron chi connectivity index (χ3n) is 4.48. The van der Waals surface area contributed by atoms with Gasteiger partial charge in [-0.05, 0) is 62.8 Å². The number of aryl methyl sites for hydroxylation is 2. The summed E-state index contributed by atoms with van der Waals surface area (Å²) in [4.78, 5) is 0. The smallest absolute Gasteiger partial charge is 0.206 e. The molecule has 1 aromatic heterocycles. The predicted molar refractivity (Wildman–Crippen MR) is 123 cm³/mol. The van der Waals surface area contributed by atoms with E-state index in [1.54, 1.807) is 11.3 Å². The Kier molecular flexibility index (Phi) is 9.17. The zero-order chi connectivity index (χ0) is 20.4. The van der Waals surface area contributed by atoms with Gasteiger partial charge in [0, 0.05) is 19.2 Å². The largest absolute Gasteiger partial charge is 0.360 e. The molecule has 0 amide bonds. The minimum atomic E-state index is 0.891. The van der Waals surface area contributed by atoms with Crippen molar-refractivity contribution in [2.75, 3.05) is 24.3 Å². The van der Waals surface area contributed by atoms with Crippen molar-refractivity contribution in [2.24, 2.45) is 0 Å². The van der Waals surface area contributed by atoms with Crippen molar-refractivity contribution in [1.29, 1.82) is 0 Å². The highest BCUT2D eigenvalue weighted by Crippen LogP contribution is 2.32. The first-order chi connectivity index (χ1) is 13.7. The number of nitrogens with one attached hydrogen (secondary N) is 3. The summed E-state index contributed by atoms with van der Waals surface area (Å²) >= 11 is 1.62. The van der Waals surface area contributed by atoms with Crippen LogP contribution in [0.25, 0.3) is 10.6 Å². The predicted octanol–water partition coefficient (Wildman–Crippen LogP) is 5.86. The molecule has 0 unspecified atom stereocenters. The van der Waals surface area contributed by atoms with Gasteiger partial charge in [-0.15, -0.1) is 10.2 Å². The summed E-state index contributed by atoms with van der Waals surface area (Å²) in [6.07, 6.45) is 11.5. The van der Waals surface area contributed by atoms with Crippen LogP contribution in [-0.2, 0) is 0 Å². The Hall–Kier alpha value is -2.18. The van der Waals surface area contributed by atoms with Crippen LogP contribution in [0.3, 0.4) is 0 Å². The molecule has 0 fully saturated rings. The molecule has 5 nitrogen and oxygen atoms in total. The van der Waals surface area contributed by atoms with Gasteiger partial charge in [-0.1, -0.05) is 49.0 Å². The van der Waals surface area contributed by atoms with Gasteiger partial charge < -0.3 is 10.7 Å². The van der Waals surface area contributed by atoms with Gasteiger partial charge in [0.1, 0.15) is 5.01 Å². The number of nitrogens with zero attached hydrogens (tertiary/aromatic N) is 2. The lowest BCUT2D eigenvalue weighted by molar-refractivity contribution is 0.846. The van der Waals surface area contributed by atoms with Crippen molar-refractivity contribution in [3.8, 4) is 10.6 Å². The van der Waals surface area contributed by atoms with Gasteiger partial charge in [0.25, 0.3) is 0 Å². The van der Waals surface area contributed by atoms with Crippen molar-refractivity contribution in [1.82, 2.24) is 15.6 Å². The van der Waals surface area contributed by atoms with Gasteiger partial charge in [0.05, 0.1) is 5.69 Å². The highest BCUT2D eigenvalue weighted by atomic mass is 32.1. The topological polar surface area (TPSA) is 61.9 Å². The fraction of sp³-hybridized carbons (Fsp3) is 0.455. The maximum absolute atomic E-state index is 4.38. The maximum atomic E-state index is 4.38. The lowest BCUT2D eigenvalue weighted by atomic mass is 10.0. The molecular formula is C22H33N5S. The van der Waals surface area contributed by atoms with E-state index in [2.05, 4.69) is 70.6 Å². The molecule has 0 saturated heterocycles. The molecule has 3 rings (SSSR count). The molecular weight excluding hydrogens is 366 g/mol. The molecule has 0 bridgehead atoms. The zero-order valence-corrected chi connectivity index (χ0v) is 18.5. The van der Waals surface area contributed by atoms with E-state index < -0.39 is 0 Å². The molecule has 0 radical (unpaired) electrons. The van der Waals surface area contributed by atoms with E-state index in [9.17, 15) is 0 Å². The van der Waals surface area contributed by atoms with Gasteiger partial charge in [-0.3, -0.25) is 0 Å². The summed E-state index contributed by atoms with van der Waals surface area (Å²) in [5, 5.41) is 14.0. The van der Waals surface area contributed by atoms with E-state index in [1.165, 1.54) is 29.5 Å². The molecule has 0 spiro atoms. The van der Waals surface area contributed by atoms with E-state index >= 15 is 0 Å². The number of hydrazine groups is 1. The lowest BCUT2D eigenvalue weighted by Crippen LogP contribution is -2.16. The summed E-state index contributed by atoms with van der Waals surface area (Å²) < 4.78 is 0. The van der Waals surface area contributed by atoms with Gasteiger partial charge >= 0.3 is 0 Å². The fourth-order valence-electron chi connectivity index (χ4n) is 3.06. The van der Waals surface area contributed by atoms with Crippen molar-refractivity contribution in [2.45, 2.75) is 53.4 Å². The van der Waals surface area contributed by atoms with Crippen molar-refractivity contribution >= 4 is 22.2 Å². The normalized spacial score (nSPS) is 12.8. The first-order valence-electron chi connectivity index (χ1n) is 10.1. The second kappa shape index (κ2) is 11.6. The van der Waals surface area contributed by atoms with E-state index in [4.69, 9.17) is 0 Å². The second-order valence-electron chi connectivity index (χ2n) is 6.56. The molecule has 1 heterocycles. The molecule has 6 heteroatoms. The van der Waals surface area contributed by atoms with Crippen LogP contribution in [0.1, 0.15) is 50.7 Å². The van der Waals surface area contributed by atoms with Crippen LogP contribution in [0.2, 0.25) is 0 Å². The Balaban J connectivity index is 0.00000136. The van der Waals surface area contributed by atoms with Crippen LogP contribution in [0.4, 0.5) is 10.8 Å². The summed E-state index contributed by atoms with van der Waals surface area (Å²) in [5.41, 5.74) is 12.2. The van der Waals surface area contributed by atoms with Crippen LogP contribution >= 0.6 is 11.3 Å². The summed E-state index contributed by atoms with van der Waals surface area (Å²) in [7, 11) is 1.87. The Morgan fingerprint density at radius 3 is 2.61 bits per heavy atom. The highest BCUT2D eigenvalue weighted by molar-refractivity contribution is 7.18. The summed E-state index contributed by atoms with van der Waals surface area (Å²) in [5.74, 6) is 0. The van der Waals surface area contributed by atoms with Crippen LogP contribution in [0.15, 0.2) is 35.9 Å². The standard InChI is InChI=1S/C20H27N5S.C2H6/c1-14-13-18(23-21-3)15(2)12-17(14)19-24-25-20(26-19)22-11-7-10-16-8-5-4-6-9-16;1-2/h5,8-9,12-13,21,23H,4,6-7,10-11H2,1-3H3,(H,22,25);1-2H3. The molecule has 1 aliphatic rings. The lowest BCUT2D eigenvalue weighted by Gasteiger charge is -2.11. The first-order valence-corrected chi connectivity index (χ1v) is 11.0. The molecule has 1 aromatic carbocycles. The third-order valence-corrected chi connectivity index (χ3v) is 5.39. The Morgan fingerprint density at radius 1 is 1.07 bits per heavy atom. The highest BCUT2D eigenvalue weighted by Gasteiger charge is 2.11. The average Bonchev–Trinajstić information content (AvgIpc) is 3.19. The van der Waals surface area contributed by atoms with Crippen molar-refractivity contribution in [3.05, 3.63) is 47.1 Å². The zero-order valence-electron chi connectivity index (χ0n) is 17.7. The minimum Gasteiger partial charge on any atom is -0.360 e. The Morgan fingerprint density at radius 2 is 1.89 bits per heavy atom. The number of rotatable bonds is 8. The van der Waals surface area contributed by atoms with E-state index in [-0.39, 0.29) is 0 Å². The van der Waals surface area contributed by atoms with Crippen molar-refractivity contribution < 1.29 is 0 Å². The Labute approximate surface area is 173 Å². The quantitative estimate of drug-likeness (QED) is 0.383. The molecule has 0 saturated carbocycles. The number of benzene rings is 1. The second-order valence-corrected chi connectivity index (χ2v) is 7.54. The first kappa shape index (κ1) is 22.1. The molecule has 0 aliphatic heterocycles. The third kappa shape index (κ3) is 6.17. The molecule has 2 aromatic rings. The van der Waals surface area contributed by atoms with Gasteiger partial charge in [0.15, 0.2) is 0 Å². The van der Waals surface area contributed by atoms with Crippen LogP contribution in [0.5, 0.6) is 0 Å².